The minimum atomic E-state index is -1.14. The average molecular weight is 398 g/mol. The number of aromatic nitrogens is 1. The first-order chi connectivity index (χ1) is 13.9. The zero-order valence-electron chi connectivity index (χ0n) is 15.3. The van der Waals surface area contributed by atoms with Gasteiger partial charge in [0.05, 0.1) is 12.3 Å². The largest absolute Gasteiger partial charge is 0.490 e. The molecule has 1 aromatic heterocycles. The van der Waals surface area contributed by atoms with Crippen molar-refractivity contribution in [2.45, 2.75) is 19.4 Å². The Kier molecular flexibility index (Phi) is 5.32. The number of nitrogens with zero attached hydrogens (tertiary/aromatic N) is 4. The van der Waals surface area contributed by atoms with E-state index >= 15 is 0 Å². The van der Waals surface area contributed by atoms with Crippen LogP contribution in [0.15, 0.2) is 17.1 Å². The Morgan fingerprint density at radius 2 is 2.07 bits per heavy atom. The highest BCUT2D eigenvalue weighted by Gasteiger charge is 2.31. The van der Waals surface area contributed by atoms with E-state index in [2.05, 4.69) is 20.6 Å². The van der Waals surface area contributed by atoms with Gasteiger partial charge >= 0.3 is 0 Å². The first kappa shape index (κ1) is 19.6. The monoisotopic (exact) mass is 398 g/mol. The van der Waals surface area contributed by atoms with E-state index in [0.717, 1.165) is 6.07 Å². The van der Waals surface area contributed by atoms with E-state index in [1.807, 2.05) is 13.0 Å². The third-order valence-electron chi connectivity index (χ3n) is 4.15. The number of rotatable bonds is 4. The molecule has 0 saturated heterocycles. The van der Waals surface area contributed by atoms with Crippen LogP contribution in [0.5, 0.6) is 5.75 Å². The molecule has 3 rings (SSSR count). The number of benzene rings is 1. The standard InChI is InChI=1S/C18H16F2N8O/c1-2-3-29-11-5-8(4-10(19)13(11)20)15-12-14(23)9(6-21)16(24)27-17(12)28-18(26-15)25-7-22/h4-5,15H,2-3H2,1H3,(H6,23,24,25,26,27,28). The summed E-state index contributed by atoms with van der Waals surface area (Å²) in [6, 6.07) is 3.11. The van der Waals surface area contributed by atoms with Gasteiger partial charge in [0, 0.05) is 5.56 Å². The van der Waals surface area contributed by atoms with Crippen LogP contribution in [-0.2, 0) is 0 Å². The van der Waals surface area contributed by atoms with E-state index in [1.165, 1.54) is 6.07 Å². The van der Waals surface area contributed by atoms with Crippen molar-refractivity contribution in [2.24, 2.45) is 4.99 Å². The number of hydrogen-bond acceptors (Lipinski definition) is 9. The van der Waals surface area contributed by atoms with E-state index in [0.29, 0.717) is 6.42 Å². The lowest BCUT2D eigenvalue weighted by Crippen LogP contribution is -2.32. The Morgan fingerprint density at radius 1 is 1.31 bits per heavy atom. The fraction of sp³-hybridized carbons (Fsp3) is 0.222. The van der Waals surface area contributed by atoms with Gasteiger partial charge in [-0.05, 0) is 24.1 Å². The summed E-state index contributed by atoms with van der Waals surface area (Å²) in [6.45, 7) is 2.01. The fourth-order valence-corrected chi connectivity index (χ4v) is 2.88. The summed E-state index contributed by atoms with van der Waals surface area (Å²) in [5.74, 6) is -2.53. The van der Waals surface area contributed by atoms with E-state index in [1.54, 1.807) is 6.19 Å². The highest BCUT2D eigenvalue weighted by Crippen LogP contribution is 2.41. The molecule has 6 N–H and O–H groups in total. The van der Waals surface area contributed by atoms with Crippen molar-refractivity contribution in [3.8, 4) is 18.0 Å². The number of aliphatic imine (C=N–C) groups is 1. The number of ether oxygens (including phenoxy) is 1. The SMILES string of the molecule is CCCOc1cc(C2N=C(NC#N)Nc3nc(N)c(C#N)c(N)c32)cc(F)c1F. The molecule has 0 spiro atoms. The number of nitrogens with two attached hydrogens (primary N) is 2. The second kappa shape index (κ2) is 7.86. The molecule has 0 bridgehead atoms. The molecular weight excluding hydrogens is 382 g/mol. The zero-order valence-corrected chi connectivity index (χ0v) is 15.3. The molecule has 1 aromatic carbocycles. The lowest BCUT2D eigenvalue weighted by Gasteiger charge is -2.26. The fourth-order valence-electron chi connectivity index (χ4n) is 2.88. The van der Waals surface area contributed by atoms with Crippen molar-refractivity contribution in [3.63, 3.8) is 0 Å². The quantitative estimate of drug-likeness (QED) is 0.450. The molecule has 1 aliphatic rings. The van der Waals surface area contributed by atoms with Crippen LogP contribution in [0.2, 0.25) is 0 Å². The zero-order chi connectivity index (χ0) is 21.1. The summed E-state index contributed by atoms with van der Waals surface area (Å²) < 4.78 is 33.7. The molecule has 1 aliphatic heterocycles. The van der Waals surface area contributed by atoms with Crippen molar-refractivity contribution in [1.82, 2.24) is 10.3 Å². The minimum absolute atomic E-state index is 0.00164. The molecule has 0 amide bonds. The van der Waals surface area contributed by atoms with Crippen molar-refractivity contribution < 1.29 is 13.5 Å². The smallest absolute Gasteiger partial charge is 0.211 e. The van der Waals surface area contributed by atoms with Gasteiger partial charge in [0.1, 0.15) is 29.3 Å². The summed E-state index contributed by atoms with van der Waals surface area (Å²) in [5.41, 5.74) is 12.3. The van der Waals surface area contributed by atoms with Crippen LogP contribution < -0.4 is 26.8 Å². The van der Waals surface area contributed by atoms with E-state index in [-0.39, 0.29) is 52.3 Å². The lowest BCUT2D eigenvalue weighted by atomic mass is 9.95. The van der Waals surface area contributed by atoms with E-state index in [9.17, 15) is 14.0 Å². The van der Waals surface area contributed by atoms with Gasteiger partial charge in [-0.25, -0.2) is 14.4 Å². The highest BCUT2D eigenvalue weighted by atomic mass is 19.2. The summed E-state index contributed by atoms with van der Waals surface area (Å²) in [6.07, 6.45) is 2.30. The maximum atomic E-state index is 14.2. The first-order valence-corrected chi connectivity index (χ1v) is 8.51. The number of nitrogen functional groups attached to an aromatic ring is 2. The molecular formula is C18H16F2N8O. The van der Waals surface area contributed by atoms with Crippen molar-refractivity contribution >= 4 is 23.3 Å². The van der Waals surface area contributed by atoms with Gasteiger partial charge in [-0.2, -0.15) is 14.9 Å². The summed E-state index contributed by atoms with van der Waals surface area (Å²) in [4.78, 5) is 8.40. The van der Waals surface area contributed by atoms with Crippen LogP contribution in [0, 0.1) is 34.4 Å². The number of fused-ring (bicyclic) bond motifs is 1. The Labute approximate surface area is 164 Å². The molecule has 1 atom stereocenters. The number of guanidine groups is 1. The molecule has 148 valence electrons. The second-order valence-corrected chi connectivity index (χ2v) is 6.07. The third kappa shape index (κ3) is 3.53. The molecule has 9 nitrogen and oxygen atoms in total. The Morgan fingerprint density at radius 3 is 2.72 bits per heavy atom. The Bertz CT molecular complexity index is 1090. The number of pyridine rings is 1. The molecule has 11 heteroatoms. The van der Waals surface area contributed by atoms with Gasteiger partial charge in [-0.1, -0.05) is 6.92 Å². The number of nitrogens with one attached hydrogen (secondary N) is 2. The van der Waals surface area contributed by atoms with Gasteiger partial charge in [0.15, 0.2) is 17.8 Å². The first-order valence-electron chi connectivity index (χ1n) is 8.51. The second-order valence-electron chi connectivity index (χ2n) is 6.07. The van der Waals surface area contributed by atoms with Crippen LogP contribution in [0.1, 0.15) is 36.1 Å². The average Bonchev–Trinajstić information content (AvgIpc) is 2.68. The normalized spacial score (nSPS) is 14.7. The van der Waals surface area contributed by atoms with E-state index < -0.39 is 17.7 Å². The summed E-state index contributed by atoms with van der Waals surface area (Å²) in [5, 5.41) is 23.3. The lowest BCUT2D eigenvalue weighted by molar-refractivity contribution is 0.294. The van der Waals surface area contributed by atoms with Gasteiger partial charge in [-0.15, -0.1) is 0 Å². The predicted octanol–water partition coefficient (Wildman–Crippen LogP) is 2.13. The van der Waals surface area contributed by atoms with Crippen LogP contribution in [0.25, 0.3) is 0 Å². The van der Waals surface area contributed by atoms with Crippen LogP contribution >= 0.6 is 0 Å². The van der Waals surface area contributed by atoms with Crippen molar-refractivity contribution in [1.29, 1.82) is 10.5 Å². The number of halogens is 2. The Hall–Kier alpha value is -4.12. The number of anilines is 3. The molecule has 0 saturated carbocycles. The molecule has 0 radical (unpaired) electrons. The van der Waals surface area contributed by atoms with Crippen LogP contribution in [0.4, 0.5) is 26.1 Å². The molecule has 2 heterocycles. The van der Waals surface area contributed by atoms with E-state index in [4.69, 9.17) is 21.5 Å². The molecule has 1 unspecified atom stereocenters. The minimum Gasteiger partial charge on any atom is -0.490 e. The summed E-state index contributed by atoms with van der Waals surface area (Å²) >= 11 is 0. The maximum absolute atomic E-state index is 14.2. The maximum Gasteiger partial charge on any atom is 0.211 e. The topological polar surface area (TPSA) is 158 Å². The third-order valence-corrected chi connectivity index (χ3v) is 4.15. The highest BCUT2D eigenvalue weighted by molar-refractivity contribution is 5.98. The number of hydrogen-bond donors (Lipinski definition) is 4. The van der Waals surface area contributed by atoms with Crippen molar-refractivity contribution in [3.05, 3.63) is 40.5 Å². The molecule has 0 fully saturated rings. The molecule has 0 aliphatic carbocycles. The van der Waals surface area contributed by atoms with Gasteiger partial charge in [0.2, 0.25) is 11.8 Å². The molecule has 2 aromatic rings. The van der Waals surface area contributed by atoms with Crippen molar-refractivity contribution in [2.75, 3.05) is 23.4 Å². The van der Waals surface area contributed by atoms with Gasteiger partial charge in [0.25, 0.3) is 0 Å². The Balaban J connectivity index is 2.23. The predicted molar refractivity (Wildman–Crippen MR) is 102 cm³/mol. The van der Waals surface area contributed by atoms with Crippen LogP contribution in [-0.4, -0.2) is 17.6 Å². The molecule has 29 heavy (non-hydrogen) atoms. The van der Waals surface area contributed by atoms with Gasteiger partial charge < -0.3 is 21.5 Å². The number of nitriles is 2. The van der Waals surface area contributed by atoms with Crippen LogP contribution in [0.3, 0.4) is 0 Å². The summed E-state index contributed by atoms with van der Waals surface area (Å²) in [7, 11) is 0. The van der Waals surface area contributed by atoms with Gasteiger partial charge in [-0.3, -0.25) is 5.32 Å².